The Labute approximate surface area is 92.5 Å². The van der Waals surface area contributed by atoms with E-state index in [9.17, 15) is 4.79 Å². The van der Waals surface area contributed by atoms with Crippen molar-refractivity contribution in [3.8, 4) is 0 Å². The van der Waals surface area contributed by atoms with Crippen molar-refractivity contribution in [2.45, 2.75) is 46.0 Å². The van der Waals surface area contributed by atoms with Gasteiger partial charge in [-0.05, 0) is 31.3 Å². The van der Waals surface area contributed by atoms with E-state index in [-0.39, 0.29) is 11.8 Å². The van der Waals surface area contributed by atoms with Gasteiger partial charge in [-0.3, -0.25) is 4.79 Å². The minimum Gasteiger partial charge on any atom is -0.481 e. The van der Waals surface area contributed by atoms with Crippen molar-refractivity contribution < 1.29 is 9.90 Å². The minimum atomic E-state index is -0.685. The topological polar surface area (TPSA) is 40.5 Å². The lowest BCUT2D eigenvalue weighted by atomic mass is 9.88. The predicted molar refractivity (Wildman–Crippen MR) is 60.9 cm³/mol. The molecule has 1 rings (SSSR count). The highest BCUT2D eigenvalue weighted by Crippen LogP contribution is 2.23. The number of hydrogen-bond donors (Lipinski definition) is 1. The van der Waals surface area contributed by atoms with E-state index in [2.05, 4.69) is 4.90 Å². The van der Waals surface area contributed by atoms with Gasteiger partial charge in [-0.1, -0.05) is 26.7 Å². The first-order chi connectivity index (χ1) is 6.99. The zero-order valence-electron chi connectivity index (χ0n) is 9.96. The van der Waals surface area contributed by atoms with Crippen LogP contribution in [0, 0.1) is 5.41 Å². The second-order valence-corrected chi connectivity index (χ2v) is 5.43. The first-order valence-corrected chi connectivity index (χ1v) is 5.94. The molecule has 1 aliphatic rings. The smallest absolute Gasteiger partial charge is 0.303 e. The fourth-order valence-electron chi connectivity index (χ4n) is 2.36. The van der Waals surface area contributed by atoms with E-state index in [0.29, 0.717) is 0 Å². The Morgan fingerprint density at radius 2 is 1.73 bits per heavy atom. The molecule has 0 saturated carbocycles. The average molecular weight is 213 g/mol. The molecule has 3 nitrogen and oxygen atoms in total. The molecule has 3 heteroatoms. The summed E-state index contributed by atoms with van der Waals surface area (Å²) in [6.45, 7) is 7.30. The Hall–Kier alpha value is -0.570. The molecule has 0 aromatic carbocycles. The Balaban J connectivity index is 2.40. The normalized spacial score (nSPS) is 19.9. The molecule has 0 spiro atoms. The summed E-state index contributed by atoms with van der Waals surface area (Å²) in [4.78, 5) is 13.1. The van der Waals surface area contributed by atoms with Crippen LogP contribution in [0.4, 0.5) is 0 Å². The van der Waals surface area contributed by atoms with Gasteiger partial charge in [-0.15, -0.1) is 0 Å². The fourth-order valence-corrected chi connectivity index (χ4v) is 2.36. The van der Waals surface area contributed by atoms with E-state index in [0.717, 1.165) is 19.6 Å². The van der Waals surface area contributed by atoms with Crippen molar-refractivity contribution >= 4 is 5.97 Å². The van der Waals surface area contributed by atoms with E-state index in [1.807, 2.05) is 13.8 Å². The number of nitrogens with zero attached hydrogens (tertiary/aromatic N) is 1. The Bertz CT molecular complexity index is 206. The summed E-state index contributed by atoms with van der Waals surface area (Å²) in [5, 5.41) is 8.82. The molecule has 0 radical (unpaired) electrons. The second-order valence-electron chi connectivity index (χ2n) is 5.43. The van der Waals surface area contributed by atoms with Gasteiger partial charge in [-0.25, -0.2) is 0 Å². The molecule has 0 amide bonds. The summed E-state index contributed by atoms with van der Waals surface area (Å²) in [5.41, 5.74) is -0.101. The first kappa shape index (κ1) is 12.5. The van der Waals surface area contributed by atoms with Gasteiger partial charge in [0.1, 0.15) is 0 Å². The van der Waals surface area contributed by atoms with Crippen LogP contribution in [0.15, 0.2) is 0 Å². The van der Waals surface area contributed by atoms with E-state index < -0.39 is 5.97 Å². The van der Waals surface area contributed by atoms with Gasteiger partial charge in [-0.2, -0.15) is 0 Å². The zero-order chi connectivity index (χ0) is 11.3. The highest BCUT2D eigenvalue weighted by atomic mass is 16.4. The summed E-state index contributed by atoms with van der Waals surface area (Å²) in [7, 11) is 0. The van der Waals surface area contributed by atoms with E-state index >= 15 is 0 Å². The molecule has 0 aromatic heterocycles. The van der Waals surface area contributed by atoms with Crippen molar-refractivity contribution in [3.63, 3.8) is 0 Å². The number of carbonyl (C=O) groups is 1. The van der Waals surface area contributed by atoms with Crippen LogP contribution in [-0.4, -0.2) is 35.6 Å². The van der Waals surface area contributed by atoms with Crippen LogP contribution in [0.3, 0.4) is 0 Å². The zero-order valence-corrected chi connectivity index (χ0v) is 9.96. The predicted octanol–water partition coefficient (Wildman–Crippen LogP) is 2.36. The van der Waals surface area contributed by atoms with Crippen LogP contribution >= 0.6 is 0 Å². The maximum atomic E-state index is 10.7. The van der Waals surface area contributed by atoms with Crippen molar-refractivity contribution in [2.24, 2.45) is 5.41 Å². The summed E-state index contributed by atoms with van der Waals surface area (Å²) in [6.07, 6.45) is 5.46. The first-order valence-electron chi connectivity index (χ1n) is 5.94. The molecule has 0 atom stereocenters. The van der Waals surface area contributed by atoms with Crippen LogP contribution < -0.4 is 0 Å². The average Bonchev–Trinajstić information content (AvgIpc) is 2.29. The SMILES string of the molecule is CC(C)(CC(=O)O)CN1CCCCCC1. The number of rotatable bonds is 4. The maximum absolute atomic E-state index is 10.7. The Morgan fingerprint density at radius 1 is 1.20 bits per heavy atom. The van der Waals surface area contributed by atoms with Gasteiger partial charge >= 0.3 is 5.97 Å². The number of carboxylic acid groups (broad SMARTS) is 1. The summed E-state index contributed by atoms with van der Waals surface area (Å²) < 4.78 is 0. The molecule has 0 aliphatic carbocycles. The Kier molecular flexibility index (Phi) is 4.58. The molecular weight excluding hydrogens is 190 g/mol. The third-order valence-electron chi connectivity index (χ3n) is 2.98. The summed E-state index contributed by atoms with van der Waals surface area (Å²) in [5.74, 6) is -0.685. The summed E-state index contributed by atoms with van der Waals surface area (Å²) >= 11 is 0. The molecule has 0 aromatic rings. The van der Waals surface area contributed by atoms with E-state index in [4.69, 9.17) is 5.11 Å². The van der Waals surface area contributed by atoms with Crippen molar-refractivity contribution in [3.05, 3.63) is 0 Å². The standard InChI is InChI=1S/C12H23NO2/c1-12(2,9-11(14)15)10-13-7-5-3-4-6-8-13/h3-10H2,1-2H3,(H,14,15). The summed E-state index contributed by atoms with van der Waals surface area (Å²) in [6, 6.07) is 0. The third-order valence-corrected chi connectivity index (χ3v) is 2.98. The molecule has 0 bridgehead atoms. The second kappa shape index (κ2) is 5.50. The van der Waals surface area contributed by atoms with E-state index in [1.54, 1.807) is 0 Å². The lowest BCUT2D eigenvalue weighted by molar-refractivity contribution is -0.139. The van der Waals surface area contributed by atoms with Crippen LogP contribution in [0.25, 0.3) is 0 Å². The van der Waals surface area contributed by atoms with Crippen LogP contribution in [0.1, 0.15) is 46.0 Å². The molecule has 15 heavy (non-hydrogen) atoms. The highest BCUT2D eigenvalue weighted by molar-refractivity contribution is 5.67. The Morgan fingerprint density at radius 3 is 2.20 bits per heavy atom. The van der Waals surface area contributed by atoms with Crippen LogP contribution in [-0.2, 0) is 4.79 Å². The van der Waals surface area contributed by atoms with Crippen LogP contribution in [0.2, 0.25) is 0 Å². The molecule has 1 saturated heterocycles. The van der Waals surface area contributed by atoms with E-state index in [1.165, 1.54) is 25.7 Å². The molecule has 1 fully saturated rings. The van der Waals surface area contributed by atoms with Crippen molar-refractivity contribution in [1.82, 2.24) is 4.90 Å². The number of carboxylic acids is 1. The van der Waals surface area contributed by atoms with Crippen LogP contribution in [0.5, 0.6) is 0 Å². The monoisotopic (exact) mass is 213 g/mol. The van der Waals surface area contributed by atoms with Crippen molar-refractivity contribution in [2.75, 3.05) is 19.6 Å². The lowest BCUT2D eigenvalue weighted by Crippen LogP contribution is -2.36. The highest BCUT2D eigenvalue weighted by Gasteiger charge is 2.25. The molecule has 1 heterocycles. The number of hydrogen-bond acceptors (Lipinski definition) is 2. The van der Waals surface area contributed by atoms with Gasteiger partial charge < -0.3 is 10.0 Å². The van der Waals surface area contributed by atoms with Gasteiger partial charge in [0.2, 0.25) is 0 Å². The molecule has 0 unspecified atom stereocenters. The quantitative estimate of drug-likeness (QED) is 0.779. The maximum Gasteiger partial charge on any atom is 0.303 e. The largest absolute Gasteiger partial charge is 0.481 e. The van der Waals surface area contributed by atoms with Crippen molar-refractivity contribution in [1.29, 1.82) is 0 Å². The molecule has 88 valence electrons. The van der Waals surface area contributed by atoms with Gasteiger partial charge in [0.25, 0.3) is 0 Å². The number of likely N-dealkylation sites (tertiary alicyclic amines) is 1. The molecular formula is C12H23NO2. The van der Waals surface area contributed by atoms with Gasteiger partial charge in [0.05, 0.1) is 6.42 Å². The molecule has 1 N–H and O–H groups in total. The molecule has 1 aliphatic heterocycles. The minimum absolute atomic E-state index is 0.101. The number of aliphatic carboxylic acids is 1. The fraction of sp³-hybridized carbons (Fsp3) is 0.917. The third kappa shape index (κ3) is 5.17. The van der Waals surface area contributed by atoms with Gasteiger partial charge in [0.15, 0.2) is 0 Å². The van der Waals surface area contributed by atoms with Gasteiger partial charge in [0, 0.05) is 6.54 Å². The lowest BCUT2D eigenvalue weighted by Gasteiger charge is -2.30.